The van der Waals surface area contributed by atoms with Crippen molar-refractivity contribution < 1.29 is 9.90 Å². The second-order valence-electron chi connectivity index (χ2n) is 3.64. The van der Waals surface area contributed by atoms with E-state index in [9.17, 15) is 4.79 Å². The zero-order chi connectivity index (χ0) is 8.32. The predicted molar refractivity (Wildman–Crippen MR) is 43.4 cm³/mol. The lowest BCUT2D eigenvalue weighted by molar-refractivity contribution is -0.137. The van der Waals surface area contributed by atoms with Gasteiger partial charge in [-0.1, -0.05) is 13.3 Å². The standard InChI is InChI=1S/C9H16O2/c1-2-4-9(6-7-9)5-3-8(10)11/h2-7H2,1H3,(H,10,11). The molecule has 1 aliphatic carbocycles. The molecule has 0 aromatic carbocycles. The van der Waals surface area contributed by atoms with E-state index in [1.54, 1.807) is 0 Å². The van der Waals surface area contributed by atoms with E-state index >= 15 is 0 Å². The Hall–Kier alpha value is -0.530. The highest BCUT2D eigenvalue weighted by atomic mass is 16.4. The van der Waals surface area contributed by atoms with Crippen LogP contribution in [0, 0.1) is 5.41 Å². The largest absolute Gasteiger partial charge is 0.481 e. The molecule has 0 aliphatic heterocycles. The molecule has 1 N–H and O–H groups in total. The zero-order valence-corrected chi connectivity index (χ0v) is 7.10. The number of carboxylic acid groups (broad SMARTS) is 1. The first-order chi connectivity index (χ1) is 5.18. The average molecular weight is 156 g/mol. The van der Waals surface area contributed by atoms with Crippen molar-refractivity contribution in [2.24, 2.45) is 5.41 Å². The van der Waals surface area contributed by atoms with E-state index < -0.39 is 5.97 Å². The number of rotatable bonds is 5. The van der Waals surface area contributed by atoms with Gasteiger partial charge in [-0.25, -0.2) is 0 Å². The van der Waals surface area contributed by atoms with Gasteiger partial charge in [0.1, 0.15) is 0 Å². The summed E-state index contributed by atoms with van der Waals surface area (Å²) in [5.74, 6) is -0.646. The molecule has 0 saturated heterocycles. The van der Waals surface area contributed by atoms with Crippen molar-refractivity contribution in [3.05, 3.63) is 0 Å². The van der Waals surface area contributed by atoms with Crippen molar-refractivity contribution in [1.29, 1.82) is 0 Å². The van der Waals surface area contributed by atoms with Gasteiger partial charge in [-0.15, -0.1) is 0 Å². The van der Waals surface area contributed by atoms with Gasteiger partial charge in [0.25, 0.3) is 0 Å². The molecule has 1 rings (SSSR count). The zero-order valence-electron chi connectivity index (χ0n) is 7.10. The van der Waals surface area contributed by atoms with E-state index in [1.165, 1.54) is 25.7 Å². The van der Waals surface area contributed by atoms with E-state index in [0.717, 1.165) is 6.42 Å². The van der Waals surface area contributed by atoms with Crippen LogP contribution in [0.4, 0.5) is 0 Å². The maximum absolute atomic E-state index is 10.3. The fourth-order valence-corrected chi connectivity index (χ4v) is 1.70. The minimum atomic E-state index is -0.646. The maximum Gasteiger partial charge on any atom is 0.303 e. The minimum Gasteiger partial charge on any atom is -0.481 e. The minimum absolute atomic E-state index is 0.361. The van der Waals surface area contributed by atoms with Crippen molar-refractivity contribution in [1.82, 2.24) is 0 Å². The summed E-state index contributed by atoms with van der Waals surface area (Å²) in [5, 5.41) is 8.47. The molecular formula is C9H16O2. The van der Waals surface area contributed by atoms with Crippen LogP contribution in [0.25, 0.3) is 0 Å². The quantitative estimate of drug-likeness (QED) is 0.663. The number of hydrogen-bond donors (Lipinski definition) is 1. The second-order valence-corrected chi connectivity index (χ2v) is 3.64. The third kappa shape index (κ3) is 2.52. The molecule has 2 nitrogen and oxygen atoms in total. The van der Waals surface area contributed by atoms with E-state index in [2.05, 4.69) is 6.92 Å². The van der Waals surface area contributed by atoms with Gasteiger partial charge in [0.2, 0.25) is 0 Å². The summed E-state index contributed by atoms with van der Waals surface area (Å²) in [6, 6.07) is 0. The maximum atomic E-state index is 10.3. The van der Waals surface area contributed by atoms with E-state index in [4.69, 9.17) is 5.11 Å². The Labute approximate surface area is 67.6 Å². The van der Waals surface area contributed by atoms with Gasteiger partial charge in [0.05, 0.1) is 0 Å². The van der Waals surface area contributed by atoms with Crippen LogP contribution in [0.1, 0.15) is 45.4 Å². The third-order valence-corrected chi connectivity index (χ3v) is 2.61. The van der Waals surface area contributed by atoms with Crippen LogP contribution in [0.2, 0.25) is 0 Å². The number of hydrogen-bond acceptors (Lipinski definition) is 1. The molecular weight excluding hydrogens is 140 g/mol. The summed E-state index contributed by atoms with van der Waals surface area (Å²) in [6.45, 7) is 2.17. The van der Waals surface area contributed by atoms with Crippen molar-refractivity contribution in [2.45, 2.75) is 45.4 Å². The molecule has 1 saturated carbocycles. The average Bonchev–Trinajstić information content (AvgIpc) is 2.67. The van der Waals surface area contributed by atoms with Crippen LogP contribution >= 0.6 is 0 Å². The molecule has 1 aliphatic rings. The molecule has 0 aromatic rings. The molecule has 2 heteroatoms. The van der Waals surface area contributed by atoms with Crippen LogP contribution in [0.3, 0.4) is 0 Å². The fraction of sp³-hybridized carbons (Fsp3) is 0.889. The summed E-state index contributed by atoms with van der Waals surface area (Å²) in [5.41, 5.74) is 0.452. The Morgan fingerprint density at radius 1 is 1.45 bits per heavy atom. The molecule has 1 fully saturated rings. The summed E-state index contributed by atoms with van der Waals surface area (Å²) in [6.07, 6.45) is 6.19. The Morgan fingerprint density at radius 3 is 2.45 bits per heavy atom. The van der Waals surface area contributed by atoms with Crippen molar-refractivity contribution in [3.8, 4) is 0 Å². The van der Waals surface area contributed by atoms with Gasteiger partial charge >= 0.3 is 5.97 Å². The van der Waals surface area contributed by atoms with E-state index in [0.29, 0.717) is 11.8 Å². The van der Waals surface area contributed by atoms with E-state index in [1.807, 2.05) is 0 Å². The van der Waals surface area contributed by atoms with Crippen LogP contribution in [0.5, 0.6) is 0 Å². The van der Waals surface area contributed by atoms with Gasteiger partial charge in [0.15, 0.2) is 0 Å². The Bertz CT molecular complexity index is 148. The predicted octanol–water partition coefficient (Wildman–Crippen LogP) is 2.43. The van der Waals surface area contributed by atoms with Gasteiger partial charge in [-0.05, 0) is 31.1 Å². The molecule has 0 aromatic heterocycles. The lowest BCUT2D eigenvalue weighted by Gasteiger charge is -2.10. The molecule has 64 valence electrons. The van der Waals surface area contributed by atoms with Crippen LogP contribution in [0.15, 0.2) is 0 Å². The Kier molecular flexibility index (Phi) is 2.53. The van der Waals surface area contributed by atoms with Crippen molar-refractivity contribution in [3.63, 3.8) is 0 Å². The van der Waals surface area contributed by atoms with Gasteiger partial charge in [-0.3, -0.25) is 4.79 Å². The van der Waals surface area contributed by atoms with Crippen LogP contribution < -0.4 is 0 Å². The summed E-state index contributed by atoms with van der Waals surface area (Å²) >= 11 is 0. The summed E-state index contributed by atoms with van der Waals surface area (Å²) in [7, 11) is 0. The van der Waals surface area contributed by atoms with E-state index in [-0.39, 0.29) is 0 Å². The number of carbonyl (C=O) groups is 1. The lowest BCUT2D eigenvalue weighted by Crippen LogP contribution is -2.04. The number of aliphatic carboxylic acids is 1. The highest BCUT2D eigenvalue weighted by Gasteiger charge is 2.40. The number of carboxylic acids is 1. The van der Waals surface area contributed by atoms with Crippen LogP contribution in [-0.4, -0.2) is 11.1 Å². The van der Waals surface area contributed by atoms with Gasteiger partial charge < -0.3 is 5.11 Å². The summed E-state index contributed by atoms with van der Waals surface area (Å²) in [4.78, 5) is 10.3. The molecule has 11 heavy (non-hydrogen) atoms. The Balaban J connectivity index is 2.19. The Morgan fingerprint density at radius 2 is 2.09 bits per heavy atom. The van der Waals surface area contributed by atoms with Crippen molar-refractivity contribution >= 4 is 5.97 Å². The molecule has 0 radical (unpaired) electrons. The first kappa shape index (κ1) is 8.57. The molecule has 0 heterocycles. The topological polar surface area (TPSA) is 37.3 Å². The highest BCUT2D eigenvalue weighted by molar-refractivity contribution is 5.66. The molecule has 0 unspecified atom stereocenters. The first-order valence-corrected chi connectivity index (χ1v) is 4.40. The first-order valence-electron chi connectivity index (χ1n) is 4.40. The lowest BCUT2D eigenvalue weighted by atomic mass is 9.95. The third-order valence-electron chi connectivity index (χ3n) is 2.61. The van der Waals surface area contributed by atoms with Crippen LogP contribution in [-0.2, 0) is 4.79 Å². The smallest absolute Gasteiger partial charge is 0.303 e. The monoisotopic (exact) mass is 156 g/mol. The molecule has 0 spiro atoms. The highest BCUT2D eigenvalue weighted by Crippen LogP contribution is 2.53. The molecule has 0 atom stereocenters. The molecule has 0 bridgehead atoms. The fourth-order valence-electron chi connectivity index (χ4n) is 1.70. The SMILES string of the molecule is CCCC1(CCC(=O)O)CC1. The summed E-state index contributed by atoms with van der Waals surface area (Å²) < 4.78 is 0. The van der Waals surface area contributed by atoms with Gasteiger partial charge in [0, 0.05) is 6.42 Å². The second kappa shape index (κ2) is 3.24. The van der Waals surface area contributed by atoms with Gasteiger partial charge in [-0.2, -0.15) is 0 Å². The molecule has 0 amide bonds. The normalized spacial score (nSPS) is 19.7. The van der Waals surface area contributed by atoms with Crippen molar-refractivity contribution in [2.75, 3.05) is 0 Å².